The van der Waals surface area contributed by atoms with E-state index < -0.39 is 17.7 Å². The van der Waals surface area contributed by atoms with E-state index in [1.807, 2.05) is 20.8 Å². The van der Waals surface area contributed by atoms with Crippen LogP contribution in [0.15, 0.2) is 16.5 Å². The Kier molecular flexibility index (Phi) is 5.30. The van der Waals surface area contributed by atoms with Crippen LogP contribution in [0.25, 0.3) is 0 Å². The molecule has 0 bridgehead atoms. The van der Waals surface area contributed by atoms with Gasteiger partial charge in [-0.2, -0.15) is 0 Å². The molecule has 0 spiro atoms. The fourth-order valence-electron chi connectivity index (χ4n) is 2.23. The Balaban J connectivity index is 1.84. The van der Waals surface area contributed by atoms with Crippen molar-refractivity contribution in [3.8, 4) is 0 Å². The second-order valence-electron chi connectivity index (χ2n) is 6.44. The predicted octanol–water partition coefficient (Wildman–Crippen LogP) is 2.59. The molecular weight excluding hydrogens is 302 g/mol. The van der Waals surface area contributed by atoms with Crippen LogP contribution in [0, 0.1) is 0 Å². The van der Waals surface area contributed by atoms with E-state index in [-0.39, 0.29) is 11.9 Å². The maximum absolute atomic E-state index is 12.0. The number of amides is 1. The van der Waals surface area contributed by atoms with Crippen LogP contribution in [0.4, 0.5) is 4.79 Å². The third-order valence-electron chi connectivity index (χ3n) is 3.22. The number of hydrogen-bond acceptors (Lipinski definition) is 6. The van der Waals surface area contributed by atoms with E-state index in [0.29, 0.717) is 31.9 Å². The van der Waals surface area contributed by atoms with Gasteiger partial charge in [-0.15, -0.1) is 0 Å². The highest BCUT2D eigenvalue weighted by atomic mass is 16.6. The monoisotopic (exact) mass is 325 g/mol. The highest BCUT2D eigenvalue weighted by molar-refractivity contribution is 5.86. The summed E-state index contributed by atoms with van der Waals surface area (Å²) in [6.45, 7) is 6.56. The normalized spacial score (nSPS) is 18.1. The van der Waals surface area contributed by atoms with E-state index >= 15 is 0 Å². The molecule has 0 N–H and O–H groups in total. The van der Waals surface area contributed by atoms with E-state index in [2.05, 4.69) is 0 Å². The zero-order chi connectivity index (χ0) is 17.0. The molecule has 1 aromatic heterocycles. The third-order valence-corrected chi connectivity index (χ3v) is 3.22. The average Bonchev–Trinajstić information content (AvgIpc) is 3.06. The first-order chi connectivity index (χ1) is 10.8. The van der Waals surface area contributed by atoms with E-state index in [9.17, 15) is 9.59 Å². The molecule has 1 aromatic rings. The number of carbonyl (C=O) groups excluding carboxylic acids is 2. The number of rotatable bonds is 4. The average molecular weight is 325 g/mol. The molecule has 0 aliphatic carbocycles. The Labute approximate surface area is 135 Å². The van der Waals surface area contributed by atoms with Gasteiger partial charge in [0, 0.05) is 20.1 Å². The maximum atomic E-state index is 12.0. The van der Waals surface area contributed by atoms with Crippen molar-refractivity contribution >= 4 is 12.1 Å². The Hall–Kier alpha value is -2.02. The van der Waals surface area contributed by atoms with Crippen LogP contribution < -0.4 is 0 Å². The summed E-state index contributed by atoms with van der Waals surface area (Å²) in [6.07, 6.45) is -0.168. The minimum absolute atomic E-state index is 0.132. The standard InChI is InChI=1S/C16H23NO6/c1-16(2,3)23-15(19)17-8-7-11(9-17)22-14(18)13-6-5-12(21-13)10-20-4/h5-6,11H,7-10H2,1-4H3/t11-/m1/s1. The van der Waals surface area contributed by atoms with Gasteiger partial charge in [0.25, 0.3) is 0 Å². The van der Waals surface area contributed by atoms with Gasteiger partial charge in [-0.25, -0.2) is 9.59 Å². The molecule has 1 aliphatic heterocycles. The second kappa shape index (κ2) is 7.04. The predicted molar refractivity (Wildman–Crippen MR) is 81.0 cm³/mol. The molecule has 0 radical (unpaired) electrons. The fraction of sp³-hybridized carbons (Fsp3) is 0.625. The summed E-state index contributed by atoms with van der Waals surface area (Å²) in [4.78, 5) is 25.5. The van der Waals surface area contributed by atoms with Crippen molar-refractivity contribution in [2.75, 3.05) is 20.2 Å². The number of esters is 1. The van der Waals surface area contributed by atoms with Gasteiger partial charge in [0.05, 0.1) is 6.54 Å². The van der Waals surface area contributed by atoms with E-state index in [4.69, 9.17) is 18.6 Å². The minimum Gasteiger partial charge on any atom is -0.455 e. The van der Waals surface area contributed by atoms with Crippen LogP contribution in [0.5, 0.6) is 0 Å². The Bertz CT molecular complexity index is 559. The van der Waals surface area contributed by atoms with Crippen molar-refractivity contribution in [1.82, 2.24) is 4.90 Å². The summed E-state index contributed by atoms with van der Waals surface area (Å²) < 4.78 is 20.9. The van der Waals surface area contributed by atoms with Crippen LogP contribution in [0.1, 0.15) is 43.5 Å². The zero-order valence-electron chi connectivity index (χ0n) is 14.0. The molecule has 0 saturated carbocycles. The van der Waals surface area contributed by atoms with Gasteiger partial charge >= 0.3 is 12.1 Å². The number of nitrogens with zero attached hydrogens (tertiary/aromatic N) is 1. The number of furan rings is 1. The number of carbonyl (C=O) groups is 2. The van der Waals surface area contributed by atoms with Gasteiger partial charge in [0.2, 0.25) is 5.76 Å². The van der Waals surface area contributed by atoms with Crippen molar-refractivity contribution in [1.29, 1.82) is 0 Å². The molecule has 0 unspecified atom stereocenters. The maximum Gasteiger partial charge on any atom is 0.410 e. The molecule has 2 rings (SSSR count). The van der Waals surface area contributed by atoms with E-state index in [0.717, 1.165) is 0 Å². The van der Waals surface area contributed by atoms with Gasteiger partial charge in [0.1, 0.15) is 24.1 Å². The summed E-state index contributed by atoms with van der Waals surface area (Å²) in [5.74, 6) is 0.150. The highest BCUT2D eigenvalue weighted by Crippen LogP contribution is 2.19. The molecule has 0 aromatic carbocycles. The largest absolute Gasteiger partial charge is 0.455 e. The van der Waals surface area contributed by atoms with Gasteiger partial charge in [0.15, 0.2) is 0 Å². The van der Waals surface area contributed by atoms with Gasteiger partial charge < -0.3 is 23.5 Å². The van der Waals surface area contributed by atoms with Crippen molar-refractivity contribution in [2.24, 2.45) is 0 Å². The number of ether oxygens (including phenoxy) is 3. The summed E-state index contributed by atoms with van der Waals surface area (Å²) in [6, 6.07) is 3.22. The molecule has 7 nitrogen and oxygen atoms in total. The first-order valence-electron chi connectivity index (χ1n) is 7.55. The van der Waals surface area contributed by atoms with Crippen molar-refractivity contribution in [2.45, 2.75) is 45.5 Å². The number of hydrogen-bond donors (Lipinski definition) is 0. The molecule has 1 aliphatic rings. The summed E-state index contributed by atoms with van der Waals surface area (Å²) in [5.41, 5.74) is -0.544. The van der Waals surface area contributed by atoms with Crippen LogP contribution in [-0.2, 0) is 20.8 Å². The molecule has 7 heteroatoms. The number of likely N-dealkylation sites (tertiary alicyclic amines) is 1. The molecule has 23 heavy (non-hydrogen) atoms. The molecule has 1 atom stereocenters. The molecule has 2 heterocycles. The van der Waals surface area contributed by atoms with Gasteiger partial charge in [-0.3, -0.25) is 0 Å². The quantitative estimate of drug-likeness (QED) is 0.792. The van der Waals surface area contributed by atoms with Crippen molar-refractivity contribution in [3.63, 3.8) is 0 Å². The molecule has 1 amide bonds. The first kappa shape index (κ1) is 17.3. The van der Waals surface area contributed by atoms with Crippen LogP contribution in [-0.4, -0.2) is 48.9 Å². The lowest BCUT2D eigenvalue weighted by atomic mass is 10.2. The van der Waals surface area contributed by atoms with Crippen LogP contribution >= 0.6 is 0 Å². The van der Waals surface area contributed by atoms with Crippen LogP contribution in [0.3, 0.4) is 0 Å². The Morgan fingerprint density at radius 3 is 2.74 bits per heavy atom. The van der Waals surface area contributed by atoms with E-state index in [1.54, 1.807) is 24.1 Å². The molecule has 1 fully saturated rings. The lowest BCUT2D eigenvalue weighted by Crippen LogP contribution is -2.36. The molecule has 128 valence electrons. The Morgan fingerprint density at radius 1 is 1.35 bits per heavy atom. The second-order valence-corrected chi connectivity index (χ2v) is 6.44. The number of methoxy groups -OCH3 is 1. The van der Waals surface area contributed by atoms with Crippen molar-refractivity contribution in [3.05, 3.63) is 23.7 Å². The fourth-order valence-corrected chi connectivity index (χ4v) is 2.23. The van der Waals surface area contributed by atoms with E-state index in [1.165, 1.54) is 0 Å². The highest BCUT2D eigenvalue weighted by Gasteiger charge is 2.32. The first-order valence-corrected chi connectivity index (χ1v) is 7.55. The summed E-state index contributed by atoms with van der Waals surface area (Å²) in [7, 11) is 1.55. The third kappa shape index (κ3) is 4.99. The summed E-state index contributed by atoms with van der Waals surface area (Å²) in [5, 5.41) is 0. The minimum atomic E-state index is -0.544. The molecule has 1 saturated heterocycles. The van der Waals surface area contributed by atoms with Crippen molar-refractivity contribution < 1.29 is 28.2 Å². The van der Waals surface area contributed by atoms with Gasteiger partial charge in [-0.05, 0) is 32.9 Å². The lowest BCUT2D eigenvalue weighted by Gasteiger charge is -2.24. The SMILES string of the molecule is COCc1ccc(C(=O)O[C@@H]2CCN(C(=O)OC(C)(C)C)C2)o1. The Morgan fingerprint density at radius 2 is 2.09 bits per heavy atom. The van der Waals surface area contributed by atoms with Crippen LogP contribution in [0.2, 0.25) is 0 Å². The summed E-state index contributed by atoms with van der Waals surface area (Å²) >= 11 is 0. The lowest BCUT2D eigenvalue weighted by molar-refractivity contribution is 0.0174. The van der Waals surface area contributed by atoms with Gasteiger partial charge in [-0.1, -0.05) is 0 Å². The smallest absolute Gasteiger partial charge is 0.410 e. The zero-order valence-corrected chi connectivity index (χ0v) is 14.0. The topological polar surface area (TPSA) is 78.2 Å². The molecular formula is C16H23NO6.